The third kappa shape index (κ3) is 8.95. The van der Waals surface area contributed by atoms with Crippen LogP contribution in [0.3, 0.4) is 0 Å². The molecule has 0 radical (unpaired) electrons. The summed E-state index contributed by atoms with van der Waals surface area (Å²) in [5.41, 5.74) is 0. The van der Waals surface area contributed by atoms with E-state index in [0.717, 1.165) is 6.17 Å². The molecular weight excluding hydrogens is 256 g/mol. The molecule has 2 heteroatoms. The second-order valence-electron chi connectivity index (χ2n) is 6.34. The third-order valence-electron chi connectivity index (χ3n) is 4.49. The van der Waals surface area contributed by atoms with Gasteiger partial charge in [-0.3, -0.25) is 0 Å². The number of aliphatic imine (C=N–C) groups is 2. The van der Waals surface area contributed by atoms with Gasteiger partial charge in [0.1, 0.15) is 0 Å². The molecule has 1 heterocycles. The van der Waals surface area contributed by atoms with Gasteiger partial charge >= 0.3 is 0 Å². The zero-order valence-corrected chi connectivity index (χ0v) is 14.3. The van der Waals surface area contributed by atoms with E-state index in [1.807, 2.05) is 12.4 Å². The molecule has 1 atom stereocenters. The average Bonchev–Trinajstić information content (AvgIpc) is 3.03. The molecule has 1 aliphatic rings. The topological polar surface area (TPSA) is 24.7 Å². The molecule has 0 aromatic heterocycles. The van der Waals surface area contributed by atoms with Crippen LogP contribution in [0.5, 0.6) is 0 Å². The minimum atomic E-state index is 0.582. The summed E-state index contributed by atoms with van der Waals surface area (Å²) in [7, 11) is 0. The van der Waals surface area contributed by atoms with Crippen molar-refractivity contribution in [2.45, 2.75) is 97.3 Å². The molecule has 0 N–H and O–H groups in total. The molecule has 0 spiro atoms. The molecule has 1 rings (SSSR count). The fraction of sp³-hybridized carbons (Fsp3) is 0.842. The molecule has 120 valence electrons. The van der Waals surface area contributed by atoms with E-state index >= 15 is 0 Å². The average molecular weight is 292 g/mol. The van der Waals surface area contributed by atoms with Crippen LogP contribution in [-0.2, 0) is 0 Å². The summed E-state index contributed by atoms with van der Waals surface area (Å²) < 4.78 is 0. The molecule has 0 aliphatic carbocycles. The highest BCUT2D eigenvalue weighted by atomic mass is 15.0. The number of nitrogens with zero attached hydrogens (tertiary/aromatic N) is 2. The molecular formula is C19H35N2+. The highest BCUT2D eigenvalue weighted by molar-refractivity contribution is 6.18. The lowest BCUT2D eigenvalue weighted by molar-refractivity contribution is 0.444. The van der Waals surface area contributed by atoms with Gasteiger partial charge in [-0.2, -0.15) is 0 Å². The van der Waals surface area contributed by atoms with Gasteiger partial charge in [-0.05, 0) is 12.8 Å². The van der Waals surface area contributed by atoms with Crippen molar-refractivity contribution in [3.05, 3.63) is 6.17 Å². The summed E-state index contributed by atoms with van der Waals surface area (Å²) in [4.78, 5) is 8.69. The van der Waals surface area contributed by atoms with Crippen LogP contribution in [0.2, 0.25) is 0 Å². The highest BCUT2D eigenvalue weighted by Crippen LogP contribution is 2.27. The normalized spacial score (nSPS) is 15.0. The van der Waals surface area contributed by atoms with Crippen LogP contribution in [0, 0.1) is 12.1 Å². The minimum absolute atomic E-state index is 0.582. The lowest BCUT2D eigenvalue weighted by Crippen LogP contribution is -2.06. The summed E-state index contributed by atoms with van der Waals surface area (Å²) in [6, 6.07) is 0. The maximum absolute atomic E-state index is 4.35. The van der Waals surface area contributed by atoms with Crippen LogP contribution < -0.4 is 0 Å². The van der Waals surface area contributed by atoms with Crippen molar-refractivity contribution in [2.24, 2.45) is 15.9 Å². The SMILES string of the molecule is CCCCCCCCCCCCCC(CC)[C+]1N=CC=N1. The van der Waals surface area contributed by atoms with E-state index < -0.39 is 0 Å². The predicted molar refractivity (Wildman–Crippen MR) is 95.1 cm³/mol. The van der Waals surface area contributed by atoms with Gasteiger partial charge in [-0.25, -0.2) is 0 Å². The Kier molecular flexibility index (Phi) is 11.2. The Morgan fingerprint density at radius 1 is 0.714 bits per heavy atom. The second kappa shape index (κ2) is 12.9. The van der Waals surface area contributed by atoms with Crippen LogP contribution in [0.25, 0.3) is 0 Å². The van der Waals surface area contributed by atoms with Gasteiger partial charge in [0.25, 0.3) is 0 Å². The second-order valence-corrected chi connectivity index (χ2v) is 6.34. The first-order valence-electron chi connectivity index (χ1n) is 9.32. The first-order chi connectivity index (χ1) is 10.4. The zero-order valence-electron chi connectivity index (χ0n) is 14.3. The summed E-state index contributed by atoms with van der Waals surface area (Å²) in [6.45, 7) is 4.53. The molecule has 0 aromatic rings. The van der Waals surface area contributed by atoms with Crippen molar-refractivity contribution in [3.8, 4) is 0 Å². The number of rotatable bonds is 14. The first kappa shape index (κ1) is 18.3. The van der Waals surface area contributed by atoms with E-state index in [-0.39, 0.29) is 0 Å². The van der Waals surface area contributed by atoms with E-state index in [2.05, 4.69) is 23.8 Å². The third-order valence-corrected chi connectivity index (χ3v) is 4.49. The fourth-order valence-electron chi connectivity index (χ4n) is 3.03. The summed E-state index contributed by atoms with van der Waals surface area (Å²) >= 11 is 0. The number of unbranched alkanes of at least 4 members (excludes halogenated alkanes) is 10. The van der Waals surface area contributed by atoms with Crippen molar-refractivity contribution >= 4 is 12.4 Å². The Morgan fingerprint density at radius 2 is 1.19 bits per heavy atom. The molecule has 0 saturated carbocycles. The van der Waals surface area contributed by atoms with Gasteiger partial charge in [0.2, 0.25) is 6.17 Å². The monoisotopic (exact) mass is 291 g/mol. The molecule has 2 nitrogen and oxygen atoms in total. The van der Waals surface area contributed by atoms with Gasteiger partial charge in [-0.15, -0.1) is 0 Å². The smallest absolute Gasteiger partial charge is 0.0965 e. The van der Waals surface area contributed by atoms with Gasteiger partial charge < -0.3 is 0 Å². The molecule has 0 bridgehead atoms. The Bertz CT molecular complexity index is 271. The molecule has 1 unspecified atom stereocenters. The fourth-order valence-corrected chi connectivity index (χ4v) is 3.03. The lowest BCUT2D eigenvalue weighted by atomic mass is 9.95. The number of hydrogen-bond donors (Lipinski definition) is 0. The lowest BCUT2D eigenvalue weighted by Gasteiger charge is -2.11. The summed E-state index contributed by atoms with van der Waals surface area (Å²) in [6.07, 6.45) is 22.7. The van der Waals surface area contributed by atoms with Crippen LogP contribution in [0.15, 0.2) is 9.98 Å². The van der Waals surface area contributed by atoms with Crippen molar-refractivity contribution in [2.75, 3.05) is 0 Å². The van der Waals surface area contributed by atoms with Crippen LogP contribution in [0.4, 0.5) is 0 Å². The Labute approximate surface area is 132 Å². The van der Waals surface area contributed by atoms with Crippen LogP contribution >= 0.6 is 0 Å². The van der Waals surface area contributed by atoms with Gasteiger partial charge in [-0.1, -0.05) is 94.5 Å². The molecule has 0 aromatic carbocycles. The molecule has 0 amide bonds. The first-order valence-corrected chi connectivity index (χ1v) is 9.32. The van der Waals surface area contributed by atoms with E-state index in [9.17, 15) is 0 Å². The molecule has 1 aliphatic heterocycles. The van der Waals surface area contributed by atoms with E-state index in [1.54, 1.807) is 0 Å². The van der Waals surface area contributed by atoms with Gasteiger partial charge in [0.05, 0.1) is 5.92 Å². The van der Waals surface area contributed by atoms with E-state index in [4.69, 9.17) is 0 Å². The van der Waals surface area contributed by atoms with Gasteiger partial charge in [0, 0.05) is 0 Å². The minimum Gasteiger partial charge on any atom is -0.0965 e. The summed E-state index contributed by atoms with van der Waals surface area (Å²) in [5, 5.41) is 0. The summed E-state index contributed by atoms with van der Waals surface area (Å²) in [5.74, 6) is 0.582. The maximum Gasteiger partial charge on any atom is 0.243 e. The highest BCUT2D eigenvalue weighted by Gasteiger charge is 2.26. The Hall–Kier alpha value is -0.790. The molecule has 0 saturated heterocycles. The van der Waals surface area contributed by atoms with Crippen molar-refractivity contribution in [3.63, 3.8) is 0 Å². The van der Waals surface area contributed by atoms with Crippen LogP contribution in [-0.4, -0.2) is 12.4 Å². The van der Waals surface area contributed by atoms with Crippen molar-refractivity contribution < 1.29 is 0 Å². The van der Waals surface area contributed by atoms with Gasteiger partial charge in [0.15, 0.2) is 12.4 Å². The van der Waals surface area contributed by atoms with Crippen molar-refractivity contribution in [1.82, 2.24) is 0 Å². The van der Waals surface area contributed by atoms with E-state index in [1.165, 1.54) is 83.5 Å². The zero-order chi connectivity index (χ0) is 15.2. The quantitative estimate of drug-likeness (QED) is 0.263. The van der Waals surface area contributed by atoms with Crippen LogP contribution in [0.1, 0.15) is 97.3 Å². The van der Waals surface area contributed by atoms with E-state index in [0.29, 0.717) is 5.92 Å². The molecule has 0 fully saturated rings. The standard InChI is InChI=1S/C19H35N2/c1-3-5-6-7-8-9-10-11-12-13-14-15-18(4-2)19-20-16-17-21-19/h16-18H,3-15H2,1-2H3/q+1. The Morgan fingerprint density at radius 3 is 1.67 bits per heavy atom. The number of hydrogen-bond acceptors (Lipinski definition) is 2. The predicted octanol–water partition coefficient (Wildman–Crippen LogP) is 6.36. The maximum atomic E-state index is 4.35. The molecule has 21 heavy (non-hydrogen) atoms. The largest absolute Gasteiger partial charge is 0.243 e. The Balaban J connectivity index is 1.85. The van der Waals surface area contributed by atoms with Crippen molar-refractivity contribution in [1.29, 1.82) is 0 Å².